The van der Waals surface area contributed by atoms with Gasteiger partial charge in [0.2, 0.25) is 5.91 Å². The van der Waals surface area contributed by atoms with Crippen molar-refractivity contribution in [2.75, 3.05) is 18.4 Å². The van der Waals surface area contributed by atoms with Crippen LogP contribution in [0, 0.1) is 11.7 Å². The smallest absolute Gasteiger partial charge is 0.224 e. The highest BCUT2D eigenvalue weighted by molar-refractivity contribution is 5.98. The molecule has 9 nitrogen and oxygen atoms in total. The molecule has 44 heavy (non-hydrogen) atoms. The van der Waals surface area contributed by atoms with E-state index >= 15 is 0 Å². The number of anilines is 1. The van der Waals surface area contributed by atoms with Crippen LogP contribution >= 0.6 is 0 Å². The molecule has 0 spiro atoms. The number of carbonyl (C=O) groups is 1. The molecular weight excluding hydrogens is 555 g/mol. The predicted octanol–water partition coefficient (Wildman–Crippen LogP) is 6.95. The number of halogens is 1. The number of rotatable bonds is 8. The van der Waals surface area contributed by atoms with E-state index in [1.54, 1.807) is 36.9 Å². The largest absolute Gasteiger partial charge is 0.335 e. The number of nitrogens with one attached hydrogen (secondary N) is 3. The fraction of sp³-hybridized carbons (Fsp3) is 0.265. The molecule has 5 heterocycles. The Labute approximate surface area is 254 Å². The monoisotopic (exact) mass is 588 g/mol. The Kier molecular flexibility index (Phi) is 7.35. The number of aromatic amines is 2. The highest BCUT2D eigenvalue weighted by Gasteiger charge is 2.18. The van der Waals surface area contributed by atoms with Gasteiger partial charge in [0.25, 0.3) is 0 Å². The summed E-state index contributed by atoms with van der Waals surface area (Å²) in [6.45, 7) is 6.84. The number of hydrogen-bond donors (Lipinski definition) is 3. The van der Waals surface area contributed by atoms with Gasteiger partial charge >= 0.3 is 0 Å². The minimum absolute atomic E-state index is 0.0358. The van der Waals surface area contributed by atoms with Crippen molar-refractivity contribution in [3.8, 4) is 33.8 Å². The second-order valence-electron chi connectivity index (χ2n) is 11.9. The first kappa shape index (κ1) is 27.8. The summed E-state index contributed by atoms with van der Waals surface area (Å²) in [5.41, 5.74) is 7.86. The number of likely N-dealkylation sites (tertiary alicyclic amines) is 1. The number of H-pyrrole nitrogens is 2. The Balaban J connectivity index is 1.23. The quantitative estimate of drug-likeness (QED) is 0.177. The van der Waals surface area contributed by atoms with Crippen LogP contribution in [0.25, 0.3) is 55.7 Å². The van der Waals surface area contributed by atoms with E-state index in [0.29, 0.717) is 29.1 Å². The lowest BCUT2D eigenvalue weighted by Gasteiger charge is -2.15. The van der Waals surface area contributed by atoms with E-state index in [4.69, 9.17) is 4.98 Å². The number of benzene rings is 2. The molecular formula is C34H33FN8O. The lowest BCUT2D eigenvalue weighted by Crippen LogP contribution is -2.18. The minimum Gasteiger partial charge on any atom is -0.335 e. The number of fused-ring (bicyclic) bond motifs is 2. The average molecular weight is 589 g/mol. The maximum Gasteiger partial charge on any atom is 0.224 e. The Bertz CT molecular complexity index is 1990. The van der Waals surface area contributed by atoms with Crippen molar-refractivity contribution >= 4 is 33.5 Å². The van der Waals surface area contributed by atoms with E-state index in [2.05, 4.69) is 35.4 Å². The molecule has 1 amide bonds. The third-order valence-corrected chi connectivity index (χ3v) is 8.00. The molecule has 1 fully saturated rings. The minimum atomic E-state index is -0.270. The maximum atomic E-state index is 14.8. The number of nitrogens with zero attached hydrogens (tertiary/aromatic N) is 5. The molecule has 0 saturated carbocycles. The summed E-state index contributed by atoms with van der Waals surface area (Å²) >= 11 is 0. The summed E-state index contributed by atoms with van der Waals surface area (Å²) in [7, 11) is 0. The van der Waals surface area contributed by atoms with Crippen LogP contribution in [0.15, 0.2) is 67.3 Å². The standard InChI is InChI=1S/C34H33FN8O/c1-20(2)9-31(44)38-26-13-24(15-36-16-26)22-5-6-29-27(14-22)33(42-41-29)34-39-30-18-37-17-28(32(30)40-34)23-10-21(11-25(35)12-23)19-43-7-3-4-8-43/h5-6,10-18,20H,3-4,7-9,19H2,1-2H3,(H,38,44)(H,39,40)(H,41,42). The molecule has 6 aromatic rings. The van der Waals surface area contributed by atoms with Crippen molar-refractivity contribution in [3.63, 3.8) is 0 Å². The van der Waals surface area contributed by atoms with Crippen molar-refractivity contribution in [3.05, 3.63) is 78.6 Å². The summed E-state index contributed by atoms with van der Waals surface area (Å²) in [5, 5.41) is 11.5. The molecule has 1 saturated heterocycles. The molecule has 10 heteroatoms. The zero-order valence-corrected chi connectivity index (χ0v) is 24.7. The SMILES string of the molecule is CC(C)CC(=O)Nc1cncc(-c2ccc3[nH]nc(-c4nc5c(-c6cc(F)cc(CN7CCCC7)c6)cncc5[nH]4)c3c2)c1. The Hall–Kier alpha value is -4.96. The summed E-state index contributed by atoms with van der Waals surface area (Å²) in [6.07, 6.45) is 9.71. The fourth-order valence-electron chi connectivity index (χ4n) is 5.98. The summed E-state index contributed by atoms with van der Waals surface area (Å²) < 4.78 is 14.8. The molecule has 1 aliphatic rings. The van der Waals surface area contributed by atoms with Crippen LogP contribution < -0.4 is 5.32 Å². The van der Waals surface area contributed by atoms with Crippen LogP contribution in [0.4, 0.5) is 10.1 Å². The molecule has 4 aromatic heterocycles. The van der Waals surface area contributed by atoms with Gasteiger partial charge in [-0.05, 0) is 84.9 Å². The summed E-state index contributed by atoms with van der Waals surface area (Å²) in [5.74, 6) is 0.545. The summed E-state index contributed by atoms with van der Waals surface area (Å²) in [4.78, 5) is 31.8. The second kappa shape index (κ2) is 11.6. The lowest BCUT2D eigenvalue weighted by atomic mass is 10.0. The first-order chi connectivity index (χ1) is 21.4. The van der Waals surface area contributed by atoms with E-state index in [0.717, 1.165) is 63.9 Å². The molecule has 3 N–H and O–H groups in total. The van der Waals surface area contributed by atoms with Crippen molar-refractivity contribution < 1.29 is 9.18 Å². The Morgan fingerprint density at radius 2 is 1.80 bits per heavy atom. The van der Waals surface area contributed by atoms with Gasteiger partial charge in [-0.1, -0.05) is 19.9 Å². The van der Waals surface area contributed by atoms with Crippen molar-refractivity contribution in [1.29, 1.82) is 0 Å². The molecule has 0 aliphatic carbocycles. The number of aromatic nitrogens is 6. The molecule has 222 valence electrons. The van der Waals surface area contributed by atoms with Gasteiger partial charge in [-0.3, -0.25) is 24.8 Å². The van der Waals surface area contributed by atoms with E-state index in [-0.39, 0.29) is 17.6 Å². The van der Waals surface area contributed by atoms with Gasteiger partial charge in [-0.15, -0.1) is 0 Å². The van der Waals surface area contributed by atoms with Crippen LogP contribution in [0.5, 0.6) is 0 Å². The number of pyridine rings is 2. The maximum absolute atomic E-state index is 14.8. The van der Waals surface area contributed by atoms with Gasteiger partial charge < -0.3 is 10.3 Å². The zero-order chi connectivity index (χ0) is 30.2. The summed E-state index contributed by atoms with van der Waals surface area (Å²) in [6, 6.07) is 13.1. The highest BCUT2D eigenvalue weighted by Crippen LogP contribution is 2.34. The third-order valence-electron chi connectivity index (χ3n) is 8.00. The van der Waals surface area contributed by atoms with Crippen molar-refractivity contribution in [2.24, 2.45) is 5.92 Å². The molecule has 1 aliphatic heterocycles. The molecule has 0 bridgehead atoms. The topological polar surface area (TPSA) is 115 Å². The average Bonchev–Trinajstić information content (AvgIpc) is 3.75. The van der Waals surface area contributed by atoms with Crippen LogP contribution in [0.2, 0.25) is 0 Å². The van der Waals surface area contributed by atoms with E-state index in [1.807, 2.05) is 44.2 Å². The van der Waals surface area contributed by atoms with Gasteiger partial charge in [0.1, 0.15) is 11.5 Å². The number of carbonyl (C=O) groups excluding carboxylic acids is 1. The van der Waals surface area contributed by atoms with Gasteiger partial charge in [0.05, 0.1) is 34.6 Å². The molecule has 2 aromatic carbocycles. The van der Waals surface area contributed by atoms with E-state index in [1.165, 1.54) is 12.8 Å². The van der Waals surface area contributed by atoms with Crippen LogP contribution in [0.1, 0.15) is 38.7 Å². The second-order valence-corrected chi connectivity index (χ2v) is 11.9. The fourth-order valence-corrected chi connectivity index (χ4v) is 5.98. The lowest BCUT2D eigenvalue weighted by molar-refractivity contribution is -0.116. The van der Waals surface area contributed by atoms with E-state index < -0.39 is 0 Å². The number of amides is 1. The van der Waals surface area contributed by atoms with Gasteiger partial charge in [-0.25, -0.2) is 9.37 Å². The first-order valence-corrected chi connectivity index (χ1v) is 15.0. The van der Waals surface area contributed by atoms with Crippen LogP contribution in [-0.2, 0) is 11.3 Å². The Morgan fingerprint density at radius 1 is 0.955 bits per heavy atom. The predicted molar refractivity (Wildman–Crippen MR) is 170 cm³/mol. The van der Waals surface area contributed by atoms with Crippen molar-refractivity contribution in [1.82, 2.24) is 35.0 Å². The number of hydrogen-bond acceptors (Lipinski definition) is 6. The molecule has 0 unspecified atom stereocenters. The molecule has 0 atom stereocenters. The van der Waals surface area contributed by atoms with Crippen LogP contribution in [-0.4, -0.2) is 54.0 Å². The Morgan fingerprint density at radius 3 is 2.64 bits per heavy atom. The molecule has 0 radical (unpaired) electrons. The molecule has 7 rings (SSSR count). The zero-order valence-electron chi connectivity index (χ0n) is 24.7. The highest BCUT2D eigenvalue weighted by atomic mass is 19.1. The first-order valence-electron chi connectivity index (χ1n) is 15.0. The number of imidazole rings is 1. The van der Waals surface area contributed by atoms with Gasteiger partial charge in [0.15, 0.2) is 5.82 Å². The van der Waals surface area contributed by atoms with Gasteiger partial charge in [0, 0.05) is 41.9 Å². The normalized spacial score (nSPS) is 13.8. The third kappa shape index (κ3) is 5.68. The van der Waals surface area contributed by atoms with Crippen molar-refractivity contribution in [2.45, 2.75) is 39.7 Å². The van der Waals surface area contributed by atoms with E-state index in [9.17, 15) is 9.18 Å². The van der Waals surface area contributed by atoms with Gasteiger partial charge in [-0.2, -0.15) is 5.10 Å². The van der Waals surface area contributed by atoms with Crippen LogP contribution in [0.3, 0.4) is 0 Å².